The van der Waals surface area contributed by atoms with Gasteiger partial charge in [0.25, 0.3) is 0 Å². The highest BCUT2D eigenvalue weighted by molar-refractivity contribution is 6.99. The second-order valence-electron chi connectivity index (χ2n) is 1.94. The molecule has 0 unspecified atom stereocenters. The van der Waals surface area contributed by atoms with Crippen LogP contribution in [0.1, 0.15) is 12.6 Å². The van der Waals surface area contributed by atoms with Crippen molar-refractivity contribution in [2.75, 3.05) is 13.2 Å². The first-order chi connectivity index (χ1) is 5.38. The summed E-state index contributed by atoms with van der Waals surface area (Å²) in [5, 5.41) is 8.46. The Labute approximate surface area is 69.2 Å². The Morgan fingerprint density at radius 3 is 3.00 bits per heavy atom. The van der Waals surface area contributed by atoms with Crippen LogP contribution in [0.15, 0.2) is 0 Å². The molecule has 0 atom stereocenters. The van der Waals surface area contributed by atoms with E-state index in [9.17, 15) is 0 Å². The summed E-state index contributed by atoms with van der Waals surface area (Å²) in [6.45, 7) is 2.29. The Bertz CT molecular complexity index is 214. The minimum Gasteiger partial charge on any atom is -0.473 e. The van der Waals surface area contributed by atoms with Crippen LogP contribution in [-0.2, 0) is 6.42 Å². The molecule has 1 heterocycles. The lowest BCUT2D eigenvalue weighted by molar-refractivity contribution is 0.196. The molecule has 0 spiro atoms. The molecule has 5 heteroatoms. The molecule has 0 aromatic carbocycles. The first-order valence-electron chi connectivity index (χ1n) is 3.43. The van der Waals surface area contributed by atoms with E-state index < -0.39 is 0 Å². The summed E-state index contributed by atoms with van der Waals surface area (Å²) in [4.78, 5) is 0. The smallest absolute Gasteiger partial charge is 0.249 e. The quantitative estimate of drug-likeness (QED) is 0.721. The summed E-state index contributed by atoms with van der Waals surface area (Å²) in [5.41, 5.74) is 0.864. The molecular weight excluding hydrogens is 164 g/mol. The molecule has 11 heavy (non-hydrogen) atoms. The van der Waals surface area contributed by atoms with Gasteiger partial charge in [-0.15, -0.1) is 4.37 Å². The van der Waals surface area contributed by atoms with Crippen molar-refractivity contribution in [3.05, 3.63) is 5.69 Å². The third kappa shape index (κ3) is 2.13. The van der Waals surface area contributed by atoms with E-state index in [1.54, 1.807) is 0 Å². The van der Waals surface area contributed by atoms with E-state index in [4.69, 9.17) is 9.84 Å². The van der Waals surface area contributed by atoms with E-state index in [1.807, 2.05) is 6.92 Å². The monoisotopic (exact) mass is 174 g/mol. The number of aromatic nitrogens is 2. The molecule has 0 aliphatic rings. The minimum atomic E-state index is 0.0146. The van der Waals surface area contributed by atoms with Crippen LogP contribution in [0.2, 0.25) is 0 Å². The van der Waals surface area contributed by atoms with Crippen LogP contribution in [-0.4, -0.2) is 27.1 Å². The number of rotatable bonds is 4. The van der Waals surface area contributed by atoms with Gasteiger partial charge in [0.05, 0.1) is 18.3 Å². The topological polar surface area (TPSA) is 55.2 Å². The fraction of sp³-hybridized carbons (Fsp3) is 0.667. The van der Waals surface area contributed by atoms with E-state index in [1.165, 1.54) is 0 Å². The van der Waals surface area contributed by atoms with Crippen molar-refractivity contribution in [1.29, 1.82) is 0 Å². The zero-order chi connectivity index (χ0) is 8.10. The predicted octanol–water partition coefficient (Wildman–Crippen LogP) is 0.472. The highest BCUT2D eigenvalue weighted by Crippen LogP contribution is 2.14. The average Bonchev–Trinajstić information content (AvgIpc) is 2.47. The van der Waals surface area contributed by atoms with E-state index in [0.29, 0.717) is 12.5 Å². The number of aliphatic hydroxyl groups is 1. The first kappa shape index (κ1) is 8.42. The van der Waals surface area contributed by atoms with E-state index >= 15 is 0 Å². The van der Waals surface area contributed by atoms with E-state index in [-0.39, 0.29) is 6.61 Å². The van der Waals surface area contributed by atoms with Gasteiger partial charge in [0, 0.05) is 0 Å². The number of hydrogen-bond donors (Lipinski definition) is 1. The highest BCUT2D eigenvalue weighted by atomic mass is 32.1. The van der Waals surface area contributed by atoms with Crippen molar-refractivity contribution in [3.8, 4) is 5.88 Å². The van der Waals surface area contributed by atoms with Gasteiger partial charge >= 0.3 is 0 Å². The molecule has 1 aromatic rings. The number of aliphatic hydroxyl groups excluding tert-OH is 1. The summed E-state index contributed by atoms with van der Waals surface area (Å²) < 4.78 is 13.0. The predicted molar refractivity (Wildman–Crippen MR) is 41.9 cm³/mol. The molecule has 0 fully saturated rings. The largest absolute Gasteiger partial charge is 0.473 e. The fourth-order valence-electron chi connectivity index (χ4n) is 0.666. The van der Waals surface area contributed by atoms with Crippen LogP contribution in [0.25, 0.3) is 0 Å². The van der Waals surface area contributed by atoms with Gasteiger partial charge in [-0.3, -0.25) is 0 Å². The van der Waals surface area contributed by atoms with Gasteiger partial charge in [-0.1, -0.05) is 6.92 Å². The normalized spacial score (nSPS) is 10.0. The molecule has 62 valence electrons. The molecule has 1 rings (SSSR count). The molecular formula is C6H10N2O2S. The Kier molecular flexibility index (Phi) is 3.25. The maximum absolute atomic E-state index is 8.46. The Balaban J connectivity index is 2.54. The Hall–Kier alpha value is -0.680. The molecule has 1 aromatic heterocycles. The third-order valence-electron chi connectivity index (χ3n) is 1.19. The molecule has 1 N–H and O–H groups in total. The molecule has 0 amide bonds. The summed E-state index contributed by atoms with van der Waals surface area (Å²) in [5.74, 6) is 0.562. The second-order valence-corrected chi connectivity index (χ2v) is 2.47. The maximum atomic E-state index is 8.46. The van der Waals surface area contributed by atoms with Crippen molar-refractivity contribution in [2.45, 2.75) is 13.3 Å². The van der Waals surface area contributed by atoms with Crippen LogP contribution >= 0.6 is 11.7 Å². The van der Waals surface area contributed by atoms with Gasteiger partial charge in [0.15, 0.2) is 0 Å². The van der Waals surface area contributed by atoms with E-state index in [0.717, 1.165) is 23.8 Å². The van der Waals surface area contributed by atoms with Gasteiger partial charge < -0.3 is 9.84 Å². The summed E-state index contributed by atoms with van der Waals surface area (Å²) in [6, 6.07) is 0. The van der Waals surface area contributed by atoms with Crippen LogP contribution < -0.4 is 4.74 Å². The molecule has 0 radical (unpaired) electrons. The number of ether oxygens (including phenoxy) is 1. The van der Waals surface area contributed by atoms with Crippen LogP contribution in [0.3, 0.4) is 0 Å². The number of aryl methyl sites for hydroxylation is 1. The molecule has 0 saturated heterocycles. The van der Waals surface area contributed by atoms with Gasteiger partial charge in [-0.05, 0) is 6.42 Å². The fourth-order valence-corrected chi connectivity index (χ4v) is 1.25. The molecule has 0 bridgehead atoms. The van der Waals surface area contributed by atoms with Gasteiger partial charge in [0.1, 0.15) is 12.3 Å². The SMILES string of the molecule is CCc1nsnc1OCCO. The molecule has 0 saturated carbocycles. The number of nitrogens with zero attached hydrogens (tertiary/aromatic N) is 2. The standard InChI is InChI=1S/C6H10N2O2S/c1-2-5-6(8-11-7-5)10-4-3-9/h9H,2-4H2,1H3. The molecule has 4 nitrogen and oxygen atoms in total. The van der Waals surface area contributed by atoms with Crippen molar-refractivity contribution in [2.24, 2.45) is 0 Å². The average molecular weight is 174 g/mol. The van der Waals surface area contributed by atoms with Gasteiger partial charge in [0.2, 0.25) is 5.88 Å². The zero-order valence-electron chi connectivity index (χ0n) is 6.28. The van der Waals surface area contributed by atoms with Gasteiger partial charge in [-0.2, -0.15) is 4.37 Å². The highest BCUT2D eigenvalue weighted by Gasteiger charge is 2.05. The lowest BCUT2D eigenvalue weighted by Crippen LogP contribution is -2.03. The molecule has 0 aliphatic carbocycles. The van der Waals surface area contributed by atoms with Crippen molar-refractivity contribution < 1.29 is 9.84 Å². The number of hydrogen-bond acceptors (Lipinski definition) is 5. The lowest BCUT2D eigenvalue weighted by atomic mass is 10.4. The lowest BCUT2D eigenvalue weighted by Gasteiger charge is -1.99. The second kappa shape index (κ2) is 4.25. The van der Waals surface area contributed by atoms with Crippen molar-refractivity contribution in [1.82, 2.24) is 8.75 Å². The summed E-state index contributed by atoms with van der Waals surface area (Å²) in [7, 11) is 0. The zero-order valence-corrected chi connectivity index (χ0v) is 7.10. The van der Waals surface area contributed by atoms with Crippen LogP contribution in [0.5, 0.6) is 5.88 Å². The maximum Gasteiger partial charge on any atom is 0.249 e. The third-order valence-corrected chi connectivity index (χ3v) is 1.74. The Morgan fingerprint density at radius 1 is 1.55 bits per heavy atom. The van der Waals surface area contributed by atoms with Crippen LogP contribution in [0, 0.1) is 0 Å². The van der Waals surface area contributed by atoms with Crippen molar-refractivity contribution >= 4 is 11.7 Å². The van der Waals surface area contributed by atoms with E-state index in [2.05, 4.69) is 8.75 Å². The molecule has 0 aliphatic heterocycles. The van der Waals surface area contributed by atoms with Crippen LogP contribution in [0.4, 0.5) is 0 Å². The summed E-state index contributed by atoms with van der Waals surface area (Å²) in [6.07, 6.45) is 0.817. The summed E-state index contributed by atoms with van der Waals surface area (Å²) >= 11 is 1.13. The Morgan fingerprint density at radius 2 is 2.36 bits per heavy atom. The van der Waals surface area contributed by atoms with Crippen molar-refractivity contribution in [3.63, 3.8) is 0 Å². The minimum absolute atomic E-state index is 0.0146. The first-order valence-corrected chi connectivity index (χ1v) is 4.16. The van der Waals surface area contributed by atoms with Gasteiger partial charge in [-0.25, -0.2) is 0 Å².